The van der Waals surface area contributed by atoms with Crippen LogP contribution in [0.3, 0.4) is 0 Å². The number of carbonyl (C=O) groups is 2. The average molecular weight is 264 g/mol. The van der Waals surface area contributed by atoms with Crippen LogP contribution in [0.5, 0.6) is 0 Å². The van der Waals surface area contributed by atoms with Crippen molar-refractivity contribution < 1.29 is 40.6 Å². The molecule has 18 heavy (non-hydrogen) atoms. The summed E-state index contributed by atoms with van der Waals surface area (Å²) in [7, 11) is 0. The van der Waals surface area contributed by atoms with E-state index in [2.05, 4.69) is 12.6 Å². The molecule has 1 aliphatic carbocycles. The molecule has 0 bridgehead atoms. The molecule has 0 atom stereocenters. The van der Waals surface area contributed by atoms with E-state index in [0.717, 1.165) is 0 Å². The van der Waals surface area contributed by atoms with Gasteiger partial charge in [0.1, 0.15) is 0 Å². The molecule has 0 unspecified atom stereocenters. The second-order valence-electron chi connectivity index (χ2n) is 3.93. The van der Waals surface area contributed by atoms with Gasteiger partial charge in [-0.2, -0.15) is 0 Å². The quantitative estimate of drug-likeness (QED) is 0.453. The predicted octanol–water partition coefficient (Wildman–Crippen LogP) is -0.133. The molecule has 1 aliphatic rings. The Balaban J connectivity index is 0.000000902. The number of rotatable bonds is 0. The van der Waals surface area contributed by atoms with E-state index in [9.17, 15) is 9.59 Å². The van der Waals surface area contributed by atoms with Crippen LogP contribution in [0.25, 0.3) is 0 Å². The number of benzene rings is 2. The van der Waals surface area contributed by atoms with Gasteiger partial charge < -0.3 is 1.43 Å². The van der Waals surface area contributed by atoms with Crippen LogP contribution in [0.15, 0.2) is 47.4 Å². The largest absolute Gasteiger partial charge is 1.00 e. The predicted molar refractivity (Wildman–Crippen MR) is 68.1 cm³/mol. The van der Waals surface area contributed by atoms with E-state index >= 15 is 0 Å². The van der Waals surface area contributed by atoms with Gasteiger partial charge in [0.25, 0.3) is 0 Å². The fraction of sp³-hybridized carbons (Fsp3) is 0. The van der Waals surface area contributed by atoms with Gasteiger partial charge in [0, 0.05) is 27.1 Å². The topological polar surface area (TPSA) is 34.1 Å². The Labute approximate surface area is 134 Å². The number of hydrogen-bond acceptors (Lipinski definition) is 3. The molecule has 0 amide bonds. The van der Waals surface area contributed by atoms with Crippen LogP contribution in [0, 0.1) is 0 Å². The minimum Gasteiger partial charge on any atom is -1.00 e. The van der Waals surface area contributed by atoms with Gasteiger partial charge >= 0.3 is 29.6 Å². The smallest absolute Gasteiger partial charge is 1.00 e. The molecular weight excluding hydrogens is 255 g/mol. The van der Waals surface area contributed by atoms with Crippen molar-refractivity contribution in [2.45, 2.75) is 4.90 Å². The molecule has 0 fully saturated rings. The third kappa shape index (κ3) is 1.97. The van der Waals surface area contributed by atoms with Gasteiger partial charge in [0.05, 0.1) is 0 Å². The minimum absolute atomic E-state index is 0. The van der Waals surface area contributed by atoms with Crippen LogP contribution in [0.1, 0.15) is 33.3 Å². The maximum atomic E-state index is 12.2. The average Bonchev–Trinajstić information content (AvgIpc) is 2.36. The van der Waals surface area contributed by atoms with Crippen molar-refractivity contribution in [3.05, 3.63) is 64.7 Å². The third-order valence-corrected chi connectivity index (χ3v) is 3.19. The first kappa shape index (κ1) is 13.6. The van der Waals surface area contributed by atoms with Gasteiger partial charge in [-0.25, -0.2) is 0 Å². The van der Waals surface area contributed by atoms with Crippen molar-refractivity contribution in [1.29, 1.82) is 0 Å². The third-order valence-electron chi connectivity index (χ3n) is 2.91. The van der Waals surface area contributed by atoms with Crippen molar-refractivity contribution >= 4 is 24.2 Å². The standard InChI is InChI=1S/C14H8O2S.Na.H/c15-13-9-3-1-2-4-10(9)14(16)12-7-8(17)5-6-11(12)13;;/h1-7,17H;;/q;+1;-1. The number of carbonyl (C=O) groups excluding carboxylic acids is 2. The minimum atomic E-state index is -0.105. The molecule has 0 aromatic heterocycles. The fourth-order valence-electron chi connectivity index (χ4n) is 2.09. The van der Waals surface area contributed by atoms with Crippen molar-refractivity contribution in [1.82, 2.24) is 0 Å². The summed E-state index contributed by atoms with van der Waals surface area (Å²) in [5.74, 6) is -0.199. The molecular formula is C14H9NaO2S. The molecule has 0 radical (unpaired) electrons. The van der Waals surface area contributed by atoms with Crippen molar-refractivity contribution in [3.8, 4) is 0 Å². The molecule has 0 N–H and O–H groups in total. The molecule has 0 aliphatic heterocycles. The van der Waals surface area contributed by atoms with E-state index < -0.39 is 0 Å². The molecule has 3 rings (SSSR count). The Hall–Kier alpha value is -0.870. The normalized spacial score (nSPS) is 12.5. The zero-order valence-electron chi connectivity index (χ0n) is 10.8. The van der Waals surface area contributed by atoms with Gasteiger partial charge in [-0.3, -0.25) is 9.59 Å². The van der Waals surface area contributed by atoms with Crippen LogP contribution in [-0.2, 0) is 0 Å². The first-order chi connectivity index (χ1) is 8.18. The monoisotopic (exact) mass is 264 g/mol. The summed E-state index contributed by atoms with van der Waals surface area (Å²) >= 11 is 4.20. The van der Waals surface area contributed by atoms with Gasteiger partial charge in [0.2, 0.25) is 0 Å². The van der Waals surface area contributed by atoms with Gasteiger partial charge in [-0.1, -0.05) is 24.3 Å². The zero-order chi connectivity index (χ0) is 12.0. The van der Waals surface area contributed by atoms with E-state index in [1.165, 1.54) is 0 Å². The van der Waals surface area contributed by atoms with Crippen LogP contribution in [-0.4, -0.2) is 11.6 Å². The Morgan fingerprint density at radius 1 is 0.778 bits per heavy atom. The molecule has 0 heterocycles. The molecule has 0 saturated heterocycles. The molecule has 4 heteroatoms. The second kappa shape index (κ2) is 5.02. The Morgan fingerprint density at radius 2 is 1.28 bits per heavy atom. The summed E-state index contributed by atoms with van der Waals surface area (Å²) in [6, 6.07) is 11.9. The maximum Gasteiger partial charge on any atom is 1.00 e. The SMILES string of the molecule is O=C1c2ccccc2C(=O)c2cc(S)ccc21.[H-].[Na+]. The summed E-state index contributed by atoms with van der Waals surface area (Å²) in [5, 5.41) is 0. The van der Waals surface area contributed by atoms with Crippen molar-refractivity contribution in [3.63, 3.8) is 0 Å². The Bertz CT molecular complexity index is 670. The van der Waals surface area contributed by atoms with Crippen LogP contribution in [0.4, 0.5) is 0 Å². The summed E-state index contributed by atoms with van der Waals surface area (Å²) in [4.78, 5) is 25.1. The van der Waals surface area contributed by atoms with Gasteiger partial charge in [0.15, 0.2) is 11.6 Å². The van der Waals surface area contributed by atoms with Crippen LogP contribution >= 0.6 is 12.6 Å². The first-order valence-corrected chi connectivity index (χ1v) is 5.64. The summed E-state index contributed by atoms with van der Waals surface area (Å²) < 4.78 is 0. The number of ketones is 2. The molecule has 2 aromatic carbocycles. The van der Waals surface area contributed by atoms with Crippen LogP contribution < -0.4 is 29.6 Å². The van der Waals surface area contributed by atoms with Crippen molar-refractivity contribution in [2.75, 3.05) is 0 Å². The van der Waals surface area contributed by atoms with Gasteiger partial charge in [-0.15, -0.1) is 12.6 Å². The van der Waals surface area contributed by atoms with E-state index in [0.29, 0.717) is 27.1 Å². The number of hydrogen-bond donors (Lipinski definition) is 1. The summed E-state index contributed by atoms with van der Waals surface area (Å²) in [5.41, 5.74) is 1.87. The second-order valence-corrected chi connectivity index (χ2v) is 4.45. The van der Waals surface area contributed by atoms with E-state index in [-0.39, 0.29) is 42.6 Å². The number of fused-ring (bicyclic) bond motifs is 2. The molecule has 84 valence electrons. The maximum absolute atomic E-state index is 12.2. The molecule has 0 saturated carbocycles. The first-order valence-electron chi connectivity index (χ1n) is 5.20. The van der Waals surface area contributed by atoms with E-state index in [4.69, 9.17) is 0 Å². The molecule has 2 aromatic rings. The van der Waals surface area contributed by atoms with E-state index in [1.54, 1.807) is 42.5 Å². The van der Waals surface area contributed by atoms with E-state index in [1.807, 2.05) is 0 Å². The Morgan fingerprint density at radius 3 is 1.89 bits per heavy atom. The zero-order valence-corrected chi connectivity index (χ0v) is 12.7. The summed E-state index contributed by atoms with van der Waals surface area (Å²) in [6.45, 7) is 0. The summed E-state index contributed by atoms with van der Waals surface area (Å²) in [6.07, 6.45) is 0. The van der Waals surface area contributed by atoms with Crippen LogP contribution in [0.2, 0.25) is 0 Å². The Kier molecular flexibility index (Phi) is 3.78. The molecule has 0 spiro atoms. The fourth-order valence-corrected chi connectivity index (χ4v) is 2.29. The number of thiol groups is 1. The van der Waals surface area contributed by atoms with Gasteiger partial charge in [-0.05, 0) is 18.2 Å². The molecule has 2 nitrogen and oxygen atoms in total. The van der Waals surface area contributed by atoms with Crippen molar-refractivity contribution in [2.24, 2.45) is 0 Å².